The summed E-state index contributed by atoms with van der Waals surface area (Å²) in [5, 5.41) is 0. The molecule has 0 fully saturated rings. The van der Waals surface area contributed by atoms with Gasteiger partial charge in [-0.25, -0.2) is 0 Å². The molecule has 2 rings (SSSR count). The number of hydrogen-bond acceptors (Lipinski definition) is 2. The van der Waals surface area contributed by atoms with Gasteiger partial charge < -0.3 is 0 Å². The molecule has 2 aromatic heterocycles. The van der Waals surface area contributed by atoms with E-state index in [4.69, 9.17) is 0 Å². The van der Waals surface area contributed by atoms with Gasteiger partial charge in [-0.15, -0.1) is 0 Å². The molecule has 0 amide bonds. The van der Waals surface area contributed by atoms with Crippen molar-refractivity contribution < 1.29 is 0 Å². The molecular formula is C16H20N2. The topological polar surface area (TPSA) is 25.8 Å². The van der Waals surface area contributed by atoms with E-state index in [1.165, 1.54) is 11.1 Å². The lowest BCUT2D eigenvalue weighted by molar-refractivity contribution is 0.748. The van der Waals surface area contributed by atoms with Crippen LogP contribution in [0.1, 0.15) is 49.4 Å². The van der Waals surface area contributed by atoms with Gasteiger partial charge in [-0.3, -0.25) is 9.97 Å². The first-order valence-electron chi connectivity index (χ1n) is 6.51. The van der Waals surface area contributed by atoms with Crippen LogP contribution in [-0.4, -0.2) is 9.97 Å². The number of aromatic nitrogens is 2. The van der Waals surface area contributed by atoms with E-state index in [-0.39, 0.29) is 0 Å². The van der Waals surface area contributed by atoms with E-state index in [9.17, 15) is 0 Å². The monoisotopic (exact) mass is 240 g/mol. The molecule has 0 radical (unpaired) electrons. The van der Waals surface area contributed by atoms with Crippen molar-refractivity contribution in [3.05, 3.63) is 59.7 Å². The summed E-state index contributed by atoms with van der Waals surface area (Å²) in [5.74, 6) is 0.997. The molecule has 2 heteroatoms. The summed E-state index contributed by atoms with van der Waals surface area (Å²) in [5.41, 5.74) is 3.79. The van der Waals surface area contributed by atoms with Gasteiger partial charge in [0.05, 0.1) is 0 Å². The third kappa shape index (κ3) is 3.16. The summed E-state index contributed by atoms with van der Waals surface area (Å²) >= 11 is 0. The Balaban J connectivity index is 2.05. The Labute approximate surface area is 109 Å². The summed E-state index contributed by atoms with van der Waals surface area (Å²) in [4.78, 5) is 8.57. The van der Waals surface area contributed by atoms with E-state index in [1.807, 2.05) is 18.6 Å². The molecule has 0 bridgehead atoms. The van der Waals surface area contributed by atoms with Crippen LogP contribution in [0.4, 0.5) is 0 Å². The van der Waals surface area contributed by atoms with Crippen LogP contribution in [0.25, 0.3) is 0 Å². The van der Waals surface area contributed by atoms with Gasteiger partial charge in [0, 0.05) is 24.3 Å². The molecule has 0 aliphatic carbocycles. The predicted molar refractivity (Wildman–Crippen MR) is 74.7 cm³/mol. The van der Waals surface area contributed by atoms with Gasteiger partial charge in [0.2, 0.25) is 0 Å². The maximum absolute atomic E-state index is 4.51. The van der Waals surface area contributed by atoms with Crippen LogP contribution in [0.5, 0.6) is 0 Å². The third-order valence-corrected chi connectivity index (χ3v) is 3.26. The minimum absolute atomic E-state index is 0.497. The SMILES string of the molecule is CC(C)c1ccc(CC(C)c2ccncc2)cn1. The predicted octanol–water partition coefficient (Wildman–Crippen LogP) is 3.95. The number of hydrogen-bond donors (Lipinski definition) is 0. The van der Waals surface area contributed by atoms with E-state index in [2.05, 4.69) is 55.0 Å². The Morgan fingerprint density at radius 2 is 1.72 bits per heavy atom. The summed E-state index contributed by atoms with van der Waals surface area (Å²) < 4.78 is 0. The summed E-state index contributed by atoms with van der Waals surface area (Å²) in [6.07, 6.45) is 6.74. The van der Waals surface area contributed by atoms with Crippen LogP contribution in [0.15, 0.2) is 42.9 Å². The average molecular weight is 240 g/mol. The van der Waals surface area contributed by atoms with Gasteiger partial charge in [0.1, 0.15) is 0 Å². The van der Waals surface area contributed by atoms with Crippen molar-refractivity contribution in [1.29, 1.82) is 0 Å². The Hall–Kier alpha value is -1.70. The second-order valence-electron chi connectivity index (χ2n) is 5.13. The standard InChI is InChI=1S/C16H20N2/c1-12(2)16-5-4-14(11-18-16)10-13(3)15-6-8-17-9-7-15/h4-9,11-13H,10H2,1-3H3. The molecule has 0 aliphatic heterocycles. The highest BCUT2D eigenvalue weighted by Crippen LogP contribution is 2.20. The molecule has 1 unspecified atom stereocenters. The molecule has 18 heavy (non-hydrogen) atoms. The van der Waals surface area contributed by atoms with E-state index in [0.29, 0.717) is 11.8 Å². The Kier molecular flexibility index (Phi) is 4.08. The molecule has 2 heterocycles. The molecule has 94 valence electrons. The number of nitrogens with zero attached hydrogens (tertiary/aromatic N) is 2. The van der Waals surface area contributed by atoms with Gasteiger partial charge in [-0.1, -0.05) is 26.8 Å². The zero-order valence-corrected chi connectivity index (χ0v) is 11.3. The van der Waals surface area contributed by atoms with Crippen molar-refractivity contribution in [3.8, 4) is 0 Å². The summed E-state index contributed by atoms with van der Waals surface area (Å²) in [6, 6.07) is 8.50. The molecule has 0 saturated carbocycles. The molecule has 0 spiro atoms. The number of rotatable bonds is 4. The molecule has 0 saturated heterocycles. The van der Waals surface area contributed by atoms with Crippen molar-refractivity contribution in [2.24, 2.45) is 0 Å². The largest absolute Gasteiger partial charge is 0.265 e. The van der Waals surface area contributed by atoms with Crippen LogP contribution < -0.4 is 0 Å². The molecule has 0 aromatic carbocycles. The maximum atomic E-state index is 4.51. The van der Waals surface area contributed by atoms with Crippen molar-refractivity contribution >= 4 is 0 Å². The molecule has 1 atom stereocenters. The van der Waals surface area contributed by atoms with Gasteiger partial charge in [0.15, 0.2) is 0 Å². The highest BCUT2D eigenvalue weighted by molar-refractivity contribution is 5.21. The Bertz CT molecular complexity index is 474. The molecule has 0 aliphatic rings. The van der Waals surface area contributed by atoms with E-state index < -0.39 is 0 Å². The van der Waals surface area contributed by atoms with Crippen LogP contribution in [0.2, 0.25) is 0 Å². The first-order valence-corrected chi connectivity index (χ1v) is 6.51. The first-order chi connectivity index (χ1) is 8.66. The maximum Gasteiger partial charge on any atom is 0.0429 e. The van der Waals surface area contributed by atoms with Crippen molar-refractivity contribution in [2.45, 2.75) is 39.0 Å². The van der Waals surface area contributed by atoms with Crippen LogP contribution >= 0.6 is 0 Å². The highest BCUT2D eigenvalue weighted by atomic mass is 14.7. The quantitative estimate of drug-likeness (QED) is 0.808. The fourth-order valence-corrected chi connectivity index (χ4v) is 2.06. The van der Waals surface area contributed by atoms with Crippen LogP contribution in [0, 0.1) is 0 Å². The summed E-state index contributed by atoms with van der Waals surface area (Å²) in [7, 11) is 0. The Morgan fingerprint density at radius 3 is 2.28 bits per heavy atom. The lowest BCUT2D eigenvalue weighted by Crippen LogP contribution is -2.00. The lowest BCUT2D eigenvalue weighted by atomic mass is 9.95. The van der Waals surface area contributed by atoms with E-state index in [1.54, 1.807) is 0 Å². The zero-order chi connectivity index (χ0) is 13.0. The number of pyridine rings is 2. The normalized spacial score (nSPS) is 12.7. The van der Waals surface area contributed by atoms with Crippen LogP contribution in [0.3, 0.4) is 0 Å². The second kappa shape index (κ2) is 5.76. The van der Waals surface area contributed by atoms with Crippen LogP contribution in [-0.2, 0) is 6.42 Å². The highest BCUT2D eigenvalue weighted by Gasteiger charge is 2.07. The van der Waals surface area contributed by atoms with Gasteiger partial charge in [0.25, 0.3) is 0 Å². The first kappa shape index (κ1) is 12.7. The Morgan fingerprint density at radius 1 is 1.00 bits per heavy atom. The molecule has 0 N–H and O–H groups in total. The van der Waals surface area contributed by atoms with E-state index >= 15 is 0 Å². The van der Waals surface area contributed by atoms with Crippen molar-refractivity contribution in [2.75, 3.05) is 0 Å². The van der Waals surface area contributed by atoms with Gasteiger partial charge >= 0.3 is 0 Å². The minimum atomic E-state index is 0.497. The fraction of sp³-hybridized carbons (Fsp3) is 0.375. The third-order valence-electron chi connectivity index (χ3n) is 3.26. The zero-order valence-electron chi connectivity index (χ0n) is 11.3. The fourth-order valence-electron chi connectivity index (χ4n) is 2.06. The smallest absolute Gasteiger partial charge is 0.0429 e. The van der Waals surface area contributed by atoms with E-state index in [0.717, 1.165) is 12.1 Å². The lowest BCUT2D eigenvalue weighted by Gasteiger charge is -2.12. The van der Waals surface area contributed by atoms with Gasteiger partial charge in [-0.2, -0.15) is 0 Å². The molecular weight excluding hydrogens is 220 g/mol. The summed E-state index contributed by atoms with van der Waals surface area (Å²) in [6.45, 7) is 6.58. The average Bonchev–Trinajstić information content (AvgIpc) is 2.40. The minimum Gasteiger partial charge on any atom is -0.265 e. The molecule has 2 aromatic rings. The molecule has 2 nitrogen and oxygen atoms in total. The van der Waals surface area contributed by atoms with Crippen molar-refractivity contribution in [3.63, 3.8) is 0 Å². The van der Waals surface area contributed by atoms with Crippen molar-refractivity contribution in [1.82, 2.24) is 9.97 Å². The second-order valence-corrected chi connectivity index (χ2v) is 5.13. The van der Waals surface area contributed by atoms with Gasteiger partial charge in [-0.05, 0) is 47.6 Å².